The summed E-state index contributed by atoms with van der Waals surface area (Å²) in [6.07, 6.45) is 9.82. The SMILES string of the molecule is COc1ccc(NC[C@@H]2CCCC[C@@H]2N2CCCCC2)cc1. The summed E-state index contributed by atoms with van der Waals surface area (Å²) in [7, 11) is 1.72. The van der Waals surface area contributed by atoms with E-state index in [0.29, 0.717) is 0 Å². The molecule has 0 aromatic heterocycles. The first-order valence-electron chi connectivity index (χ1n) is 8.99. The Labute approximate surface area is 135 Å². The average molecular weight is 302 g/mol. The summed E-state index contributed by atoms with van der Waals surface area (Å²) in [4.78, 5) is 2.78. The Morgan fingerprint density at radius 3 is 2.45 bits per heavy atom. The maximum atomic E-state index is 5.23. The van der Waals surface area contributed by atoms with Gasteiger partial charge in [0.2, 0.25) is 0 Å². The minimum absolute atomic E-state index is 0.800. The number of benzene rings is 1. The van der Waals surface area contributed by atoms with E-state index < -0.39 is 0 Å². The van der Waals surface area contributed by atoms with E-state index >= 15 is 0 Å². The normalized spacial score (nSPS) is 26.6. The first kappa shape index (κ1) is 15.7. The molecule has 2 aliphatic rings. The smallest absolute Gasteiger partial charge is 0.119 e. The Hall–Kier alpha value is -1.22. The van der Waals surface area contributed by atoms with Crippen LogP contribution in [0.5, 0.6) is 5.75 Å². The first-order valence-corrected chi connectivity index (χ1v) is 8.99. The first-order chi connectivity index (χ1) is 10.9. The molecule has 2 fully saturated rings. The highest BCUT2D eigenvalue weighted by molar-refractivity contribution is 5.46. The van der Waals surface area contributed by atoms with Gasteiger partial charge in [-0.1, -0.05) is 19.3 Å². The van der Waals surface area contributed by atoms with Crippen LogP contribution in [0.1, 0.15) is 44.9 Å². The van der Waals surface area contributed by atoms with Crippen LogP contribution in [0.3, 0.4) is 0 Å². The molecule has 1 aliphatic carbocycles. The number of hydrogen-bond donors (Lipinski definition) is 1. The van der Waals surface area contributed by atoms with E-state index in [4.69, 9.17) is 4.74 Å². The lowest BCUT2D eigenvalue weighted by Gasteiger charge is -2.42. The van der Waals surface area contributed by atoms with E-state index in [2.05, 4.69) is 22.3 Å². The van der Waals surface area contributed by atoms with E-state index in [-0.39, 0.29) is 0 Å². The minimum Gasteiger partial charge on any atom is -0.497 e. The number of anilines is 1. The van der Waals surface area contributed by atoms with E-state index in [1.165, 1.54) is 63.7 Å². The van der Waals surface area contributed by atoms with Gasteiger partial charge in [0.1, 0.15) is 5.75 Å². The van der Waals surface area contributed by atoms with Gasteiger partial charge in [-0.15, -0.1) is 0 Å². The number of nitrogens with zero attached hydrogens (tertiary/aromatic N) is 1. The fourth-order valence-electron chi connectivity index (χ4n) is 4.11. The van der Waals surface area contributed by atoms with Crippen LogP contribution in [0.25, 0.3) is 0 Å². The Kier molecular flexibility index (Phi) is 5.60. The standard InChI is InChI=1S/C19H30N2O/c1-22-18-11-9-17(10-12-18)20-15-16-7-3-4-8-19(16)21-13-5-2-6-14-21/h9-12,16,19-20H,2-8,13-15H2,1H3/t16-,19-/m0/s1. The number of ether oxygens (including phenoxy) is 1. The highest BCUT2D eigenvalue weighted by Crippen LogP contribution is 2.30. The third-order valence-electron chi connectivity index (χ3n) is 5.39. The summed E-state index contributed by atoms with van der Waals surface area (Å²) in [6, 6.07) is 9.12. The zero-order valence-electron chi connectivity index (χ0n) is 13.9. The summed E-state index contributed by atoms with van der Waals surface area (Å²) in [5, 5.41) is 3.65. The molecule has 0 unspecified atom stereocenters. The van der Waals surface area contributed by atoms with E-state index in [0.717, 1.165) is 24.3 Å². The fourth-order valence-corrected chi connectivity index (χ4v) is 4.11. The van der Waals surface area contributed by atoms with Crippen molar-refractivity contribution >= 4 is 5.69 Å². The van der Waals surface area contributed by atoms with Crippen LogP contribution < -0.4 is 10.1 Å². The number of rotatable bonds is 5. The second kappa shape index (κ2) is 7.87. The van der Waals surface area contributed by atoms with Crippen molar-refractivity contribution < 1.29 is 4.74 Å². The van der Waals surface area contributed by atoms with Gasteiger partial charge in [-0.05, 0) is 69.0 Å². The molecule has 3 rings (SSSR count). The van der Waals surface area contributed by atoms with Crippen molar-refractivity contribution in [3.8, 4) is 5.75 Å². The second-order valence-corrected chi connectivity index (χ2v) is 6.82. The van der Waals surface area contributed by atoms with Crippen molar-refractivity contribution in [3.63, 3.8) is 0 Å². The zero-order chi connectivity index (χ0) is 15.2. The summed E-state index contributed by atoms with van der Waals surface area (Å²) >= 11 is 0. The molecule has 1 N–H and O–H groups in total. The fraction of sp³-hybridized carbons (Fsp3) is 0.684. The predicted molar refractivity (Wildman–Crippen MR) is 92.7 cm³/mol. The van der Waals surface area contributed by atoms with Gasteiger partial charge < -0.3 is 15.0 Å². The summed E-state index contributed by atoms with van der Waals surface area (Å²) in [6.45, 7) is 3.75. The lowest BCUT2D eigenvalue weighted by Crippen LogP contribution is -2.46. The van der Waals surface area contributed by atoms with E-state index in [9.17, 15) is 0 Å². The maximum absolute atomic E-state index is 5.23. The molecule has 2 atom stereocenters. The van der Waals surface area contributed by atoms with Crippen molar-refractivity contribution in [2.24, 2.45) is 5.92 Å². The predicted octanol–water partition coefficient (Wildman–Crippen LogP) is 4.15. The molecule has 0 spiro atoms. The highest BCUT2D eigenvalue weighted by atomic mass is 16.5. The number of hydrogen-bond acceptors (Lipinski definition) is 3. The van der Waals surface area contributed by atoms with Crippen molar-refractivity contribution in [2.75, 3.05) is 32.1 Å². The van der Waals surface area contributed by atoms with Gasteiger partial charge in [-0.25, -0.2) is 0 Å². The van der Waals surface area contributed by atoms with Gasteiger partial charge in [0.05, 0.1) is 7.11 Å². The Balaban J connectivity index is 1.56. The number of piperidine rings is 1. The van der Waals surface area contributed by atoms with Crippen LogP contribution >= 0.6 is 0 Å². The minimum atomic E-state index is 0.800. The highest BCUT2D eigenvalue weighted by Gasteiger charge is 2.30. The summed E-state index contributed by atoms with van der Waals surface area (Å²) < 4.78 is 5.23. The van der Waals surface area contributed by atoms with Crippen LogP contribution in [0.4, 0.5) is 5.69 Å². The monoisotopic (exact) mass is 302 g/mol. The average Bonchev–Trinajstić information content (AvgIpc) is 2.61. The number of likely N-dealkylation sites (tertiary alicyclic amines) is 1. The van der Waals surface area contributed by atoms with Crippen LogP contribution in [-0.2, 0) is 0 Å². The Bertz CT molecular complexity index is 439. The molecule has 0 radical (unpaired) electrons. The van der Waals surface area contributed by atoms with Crippen molar-refractivity contribution in [1.29, 1.82) is 0 Å². The quantitative estimate of drug-likeness (QED) is 0.884. The topological polar surface area (TPSA) is 24.5 Å². The lowest BCUT2D eigenvalue weighted by atomic mass is 9.82. The van der Waals surface area contributed by atoms with Crippen LogP contribution in [0, 0.1) is 5.92 Å². The summed E-state index contributed by atoms with van der Waals surface area (Å²) in [5.41, 5.74) is 1.21. The third kappa shape index (κ3) is 3.95. The zero-order valence-corrected chi connectivity index (χ0v) is 13.9. The van der Waals surface area contributed by atoms with Crippen molar-refractivity contribution in [2.45, 2.75) is 51.0 Å². The maximum Gasteiger partial charge on any atom is 0.119 e. The van der Waals surface area contributed by atoms with Gasteiger partial charge in [-0.2, -0.15) is 0 Å². The van der Waals surface area contributed by atoms with Gasteiger partial charge in [0, 0.05) is 18.3 Å². The van der Waals surface area contributed by atoms with Gasteiger partial charge >= 0.3 is 0 Å². The molecule has 3 nitrogen and oxygen atoms in total. The lowest BCUT2D eigenvalue weighted by molar-refractivity contribution is 0.0897. The number of methoxy groups -OCH3 is 1. The molecule has 1 saturated heterocycles. The molecular weight excluding hydrogens is 272 g/mol. The van der Waals surface area contributed by atoms with Gasteiger partial charge in [0.15, 0.2) is 0 Å². The Morgan fingerprint density at radius 1 is 1.00 bits per heavy atom. The molecule has 1 aromatic carbocycles. The van der Waals surface area contributed by atoms with Gasteiger partial charge in [-0.3, -0.25) is 0 Å². The second-order valence-electron chi connectivity index (χ2n) is 6.82. The van der Waals surface area contributed by atoms with Crippen LogP contribution in [0.15, 0.2) is 24.3 Å². The summed E-state index contributed by atoms with van der Waals surface area (Å²) in [5.74, 6) is 1.73. The molecule has 3 heteroatoms. The van der Waals surface area contributed by atoms with E-state index in [1.54, 1.807) is 7.11 Å². The molecule has 0 bridgehead atoms. The Morgan fingerprint density at radius 2 is 1.73 bits per heavy atom. The molecule has 122 valence electrons. The molecule has 1 aliphatic heterocycles. The van der Waals surface area contributed by atoms with Crippen LogP contribution in [0.2, 0.25) is 0 Å². The molecular formula is C19H30N2O. The largest absolute Gasteiger partial charge is 0.497 e. The van der Waals surface area contributed by atoms with Crippen molar-refractivity contribution in [1.82, 2.24) is 4.90 Å². The third-order valence-corrected chi connectivity index (χ3v) is 5.39. The molecule has 22 heavy (non-hydrogen) atoms. The van der Waals surface area contributed by atoms with Gasteiger partial charge in [0.25, 0.3) is 0 Å². The van der Waals surface area contributed by atoms with Crippen molar-refractivity contribution in [3.05, 3.63) is 24.3 Å². The number of nitrogens with one attached hydrogen (secondary N) is 1. The van der Waals surface area contributed by atoms with E-state index in [1.807, 2.05) is 12.1 Å². The molecule has 1 aromatic rings. The molecule has 1 heterocycles. The molecule has 0 amide bonds. The molecule has 1 saturated carbocycles. The van der Waals surface area contributed by atoms with Crippen LogP contribution in [-0.4, -0.2) is 37.7 Å².